The van der Waals surface area contributed by atoms with Crippen molar-refractivity contribution in [2.75, 3.05) is 14.2 Å². The highest BCUT2D eigenvalue weighted by atomic mass is 32.2. The van der Waals surface area contributed by atoms with Crippen molar-refractivity contribution >= 4 is 16.0 Å². The fourth-order valence-corrected chi connectivity index (χ4v) is 3.69. The number of ether oxygens (including phenoxy) is 2. The number of benzene rings is 2. The molecule has 0 saturated carbocycles. The molecule has 2 aromatic rings. The van der Waals surface area contributed by atoms with E-state index in [4.69, 9.17) is 14.7 Å². The lowest BCUT2D eigenvalue weighted by Gasteiger charge is -2.19. The summed E-state index contributed by atoms with van der Waals surface area (Å²) in [5.74, 6) is -0.673. The summed E-state index contributed by atoms with van der Waals surface area (Å²) < 4.78 is 37.3. The van der Waals surface area contributed by atoms with Gasteiger partial charge in [-0.2, -0.15) is 9.57 Å². The summed E-state index contributed by atoms with van der Waals surface area (Å²) in [5.41, 5.74) is 0.838. The molecule has 0 amide bonds. The van der Waals surface area contributed by atoms with Gasteiger partial charge < -0.3 is 9.47 Å². The summed E-state index contributed by atoms with van der Waals surface area (Å²) in [5, 5.41) is 8.76. The molecule has 0 bridgehead atoms. The third kappa shape index (κ3) is 4.84. The van der Waals surface area contributed by atoms with E-state index in [9.17, 15) is 13.2 Å². The number of esters is 1. The van der Waals surface area contributed by atoms with Crippen molar-refractivity contribution in [2.24, 2.45) is 0 Å². The van der Waals surface area contributed by atoms with Crippen LogP contribution in [0.15, 0.2) is 53.4 Å². The van der Waals surface area contributed by atoms with Gasteiger partial charge in [0.1, 0.15) is 16.7 Å². The van der Waals surface area contributed by atoms with Gasteiger partial charge in [0.25, 0.3) is 0 Å². The highest BCUT2D eigenvalue weighted by molar-refractivity contribution is 7.89. The molecule has 142 valence electrons. The third-order valence-electron chi connectivity index (χ3n) is 3.80. The van der Waals surface area contributed by atoms with Gasteiger partial charge in [-0.25, -0.2) is 13.2 Å². The molecule has 0 unspecified atom stereocenters. The Kier molecular flexibility index (Phi) is 6.55. The van der Waals surface area contributed by atoms with Crippen LogP contribution in [-0.2, 0) is 21.3 Å². The number of hydrogen-bond acceptors (Lipinski definition) is 6. The summed E-state index contributed by atoms with van der Waals surface area (Å²) in [6.07, 6.45) is -0.944. The van der Waals surface area contributed by atoms with E-state index in [1.54, 1.807) is 6.07 Å². The predicted molar refractivity (Wildman–Crippen MR) is 98.6 cm³/mol. The highest BCUT2D eigenvalue weighted by Gasteiger charge is 2.27. The first-order valence-corrected chi connectivity index (χ1v) is 9.52. The minimum atomic E-state index is -3.93. The zero-order valence-electron chi connectivity index (χ0n) is 15.2. The Morgan fingerprint density at radius 2 is 1.89 bits per heavy atom. The van der Waals surface area contributed by atoms with Crippen LogP contribution >= 0.6 is 0 Å². The van der Waals surface area contributed by atoms with Gasteiger partial charge in [-0.3, -0.25) is 0 Å². The minimum Gasteiger partial charge on any atom is -0.495 e. The predicted octanol–water partition coefficient (Wildman–Crippen LogP) is 2.58. The minimum absolute atomic E-state index is 0.0181. The van der Waals surface area contributed by atoms with E-state index in [-0.39, 0.29) is 22.8 Å². The largest absolute Gasteiger partial charge is 0.495 e. The number of sulfonamides is 1. The van der Waals surface area contributed by atoms with Crippen LogP contribution in [0.2, 0.25) is 0 Å². The van der Waals surface area contributed by atoms with Gasteiger partial charge in [0, 0.05) is 13.6 Å². The second-order valence-electron chi connectivity index (χ2n) is 5.79. The molecule has 0 radical (unpaired) electrons. The summed E-state index contributed by atoms with van der Waals surface area (Å²) in [6.45, 7) is 1.58. The Hall–Kier alpha value is -2.89. The van der Waals surface area contributed by atoms with E-state index in [0.29, 0.717) is 0 Å². The number of nitriles is 1. The van der Waals surface area contributed by atoms with Crippen LogP contribution in [0, 0.1) is 11.3 Å². The summed E-state index contributed by atoms with van der Waals surface area (Å²) in [6, 6.07) is 14.9. The SMILES string of the molecule is COc1ccc(C(=O)O[C@H](C)C#N)cc1S(=O)(=O)N(C)Cc1ccccc1. The molecule has 0 aliphatic rings. The Morgan fingerprint density at radius 3 is 2.48 bits per heavy atom. The van der Waals surface area contributed by atoms with Gasteiger partial charge in [0.2, 0.25) is 10.0 Å². The number of nitrogens with zero attached hydrogens (tertiary/aromatic N) is 2. The molecular formula is C19H20N2O5S. The Labute approximate surface area is 158 Å². The van der Waals surface area contributed by atoms with Gasteiger partial charge in [-0.05, 0) is 30.7 Å². The van der Waals surface area contributed by atoms with Crippen LogP contribution in [0.3, 0.4) is 0 Å². The average molecular weight is 388 g/mol. The first-order valence-electron chi connectivity index (χ1n) is 8.08. The average Bonchev–Trinajstić information content (AvgIpc) is 2.67. The number of carbonyl (C=O) groups is 1. The van der Waals surface area contributed by atoms with Gasteiger partial charge in [0.15, 0.2) is 6.10 Å². The maximum atomic E-state index is 13.0. The van der Waals surface area contributed by atoms with Crippen LogP contribution < -0.4 is 4.74 Å². The second kappa shape index (κ2) is 8.66. The van der Waals surface area contributed by atoms with E-state index >= 15 is 0 Å². The number of hydrogen-bond donors (Lipinski definition) is 0. The molecule has 7 nitrogen and oxygen atoms in total. The van der Waals surface area contributed by atoms with Crippen molar-refractivity contribution < 1.29 is 22.7 Å². The summed E-state index contributed by atoms with van der Waals surface area (Å²) in [4.78, 5) is 12.0. The molecule has 0 aliphatic heterocycles. The van der Waals surface area contributed by atoms with E-state index in [0.717, 1.165) is 5.56 Å². The lowest BCUT2D eigenvalue weighted by molar-refractivity contribution is 0.0435. The molecule has 0 heterocycles. The Bertz CT molecular complexity index is 952. The van der Waals surface area contributed by atoms with Gasteiger partial charge >= 0.3 is 5.97 Å². The number of carbonyl (C=O) groups excluding carboxylic acids is 1. The van der Waals surface area contributed by atoms with Crippen molar-refractivity contribution in [3.63, 3.8) is 0 Å². The molecule has 0 saturated heterocycles. The normalized spacial score (nSPS) is 12.3. The van der Waals surface area contributed by atoms with Gasteiger partial charge in [-0.15, -0.1) is 0 Å². The number of rotatable bonds is 7. The van der Waals surface area contributed by atoms with E-state index in [1.807, 2.05) is 30.3 Å². The van der Waals surface area contributed by atoms with Crippen molar-refractivity contribution in [3.05, 3.63) is 59.7 Å². The van der Waals surface area contributed by atoms with Crippen molar-refractivity contribution in [2.45, 2.75) is 24.5 Å². The Balaban J connectivity index is 2.38. The zero-order valence-corrected chi connectivity index (χ0v) is 16.1. The molecule has 0 N–H and O–H groups in total. The molecular weight excluding hydrogens is 368 g/mol. The first-order chi connectivity index (χ1) is 12.8. The van der Waals surface area contributed by atoms with Crippen LogP contribution in [0.25, 0.3) is 0 Å². The van der Waals surface area contributed by atoms with E-state index in [1.165, 1.54) is 43.6 Å². The fraction of sp³-hybridized carbons (Fsp3) is 0.263. The van der Waals surface area contributed by atoms with Crippen LogP contribution in [0.1, 0.15) is 22.8 Å². The lowest BCUT2D eigenvalue weighted by Crippen LogP contribution is -2.27. The second-order valence-corrected chi connectivity index (χ2v) is 7.80. The lowest BCUT2D eigenvalue weighted by atomic mass is 10.2. The zero-order chi connectivity index (χ0) is 20.0. The highest BCUT2D eigenvalue weighted by Crippen LogP contribution is 2.28. The molecule has 2 rings (SSSR count). The third-order valence-corrected chi connectivity index (χ3v) is 5.63. The van der Waals surface area contributed by atoms with Crippen LogP contribution in [-0.4, -0.2) is 39.0 Å². The van der Waals surface area contributed by atoms with E-state index in [2.05, 4.69) is 0 Å². The molecule has 0 aromatic heterocycles. The summed E-state index contributed by atoms with van der Waals surface area (Å²) >= 11 is 0. The molecule has 0 spiro atoms. The monoisotopic (exact) mass is 388 g/mol. The van der Waals surface area contributed by atoms with Gasteiger partial charge in [-0.1, -0.05) is 30.3 Å². The maximum absolute atomic E-state index is 13.0. The number of methoxy groups -OCH3 is 1. The summed E-state index contributed by atoms with van der Waals surface area (Å²) in [7, 11) is -1.14. The molecule has 27 heavy (non-hydrogen) atoms. The van der Waals surface area contributed by atoms with E-state index < -0.39 is 22.1 Å². The quantitative estimate of drug-likeness (QED) is 0.677. The first kappa shape index (κ1) is 20.4. The molecule has 0 aliphatic carbocycles. The molecule has 0 fully saturated rings. The maximum Gasteiger partial charge on any atom is 0.339 e. The molecule has 2 aromatic carbocycles. The molecule has 8 heteroatoms. The van der Waals surface area contributed by atoms with Gasteiger partial charge in [0.05, 0.1) is 12.7 Å². The smallest absolute Gasteiger partial charge is 0.339 e. The van der Waals surface area contributed by atoms with Crippen LogP contribution in [0.5, 0.6) is 5.75 Å². The van der Waals surface area contributed by atoms with Crippen LogP contribution in [0.4, 0.5) is 0 Å². The topological polar surface area (TPSA) is 96.7 Å². The Morgan fingerprint density at radius 1 is 1.22 bits per heavy atom. The van der Waals surface area contributed by atoms with Crippen molar-refractivity contribution in [3.8, 4) is 11.8 Å². The fourth-order valence-electron chi connectivity index (χ4n) is 2.35. The van der Waals surface area contributed by atoms with Crippen molar-refractivity contribution in [1.29, 1.82) is 5.26 Å². The molecule has 1 atom stereocenters. The standard InChI is InChI=1S/C19H20N2O5S/c1-14(12-20)26-19(22)16-9-10-17(25-3)18(11-16)27(23,24)21(2)13-15-7-5-4-6-8-15/h4-11,14H,13H2,1-3H3/t14-/m1/s1. The van der Waals surface area contributed by atoms with Crippen molar-refractivity contribution in [1.82, 2.24) is 4.31 Å².